The summed E-state index contributed by atoms with van der Waals surface area (Å²) in [6, 6.07) is 10.5. The minimum atomic E-state index is -0.246. The van der Waals surface area contributed by atoms with Crippen LogP contribution in [0.3, 0.4) is 0 Å². The van der Waals surface area contributed by atoms with Crippen LogP contribution in [-0.4, -0.2) is 26.4 Å². The highest BCUT2D eigenvalue weighted by molar-refractivity contribution is 5.62. The van der Waals surface area contributed by atoms with Crippen LogP contribution >= 0.6 is 0 Å². The van der Waals surface area contributed by atoms with Gasteiger partial charge >= 0.3 is 0 Å². The van der Waals surface area contributed by atoms with Crippen molar-refractivity contribution in [1.82, 2.24) is 0 Å². The molecule has 1 atom stereocenters. The zero-order chi connectivity index (χ0) is 19.0. The van der Waals surface area contributed by atoms with Crippen molar-refractivity contribution < 1.29 is 18.9 Å². The van der Waals surface area contributed by atoms with E-state index in [1.54, 1.807) is 14.2 Å². The highest BCUT2D eigenvalue weighted by Gasteiger charge is 2.26. The van der Waals surface area contributed by atoms with Crippen molar-refractivity contribution in [2.75, 3.05) is 20.8 Å². The molecular weight excluding hydrogens is 340 g/mol. The summed E-state index contributed by atoms with van der Waals surface area (Å²) in [5, 5.41) is 0. The molecule has 0 aromatic heterocycles. The van der Waals surface area contributed by atoms with Crippen molar-refractivity contribution in [2.24, 2.45) is 0 Å². The SMILES string of the molecule is COc1cc2c(cc1OC)C(Cc1ccc3c(c1)C=CC(C)(C)O3)CCO2. The molecule has 2 heterocycles. The van der Waals surface area contributed by atoms with Crippen LogP contribution in [0.5, 0.6) is 23.0 Å². The third-order valence-corrected chi connectivity index (χ3v) is 5.27. The lowest BCUT2D eigenvalue weighted by molar-refractivity contribution is 0.159. The summed E-state index contributed by atoms with van der Waals surface area (Å²) in [7, 11) is 3.31. The van der Waals surface area contributed by atoms with Gasteiger partial charge in [0, 0.05) is 17.2 Å². The highest BCUT2D eigenvalue weighted by atomic mass is 16.5. The second-order valence-corrected chi connectivity index (χ2v) is 7.69. The van der Waals surface area contributed by atoms with Gasteiger partial charge in [0.15, 0.2) is 11.5 Å². The smallest absolute Gasteiger partial charge is 0.164 e. The predicted octanol–water partition coefficient (Wildman–Crippen LogP) is 5.00. The molecule has 2 aromatic carbocycles. The summed E-state index contributed by atoms with van der Waals surface area (Å²) < 4.78 is 22.8. The Hall–Kier alpha value is -2.62. The zero-order valence-corrected chi connectivity index (χ0v) is 16.4. The topological polar surface area (TPSA) is 36.9 Å². The van der Waals surface area contributed by atoms with Gasteiger partial charge in [-0.25, -0.2) is 0 Å². The van der Waals surface area contributed by atoms with E-state index in [0.29, 0.717) is 11.7 Å². The van der Waals surface area contributed by atoms with Gasteiger partial charge in [-0.1, -0.05) is 12.1 Å². The first-order chi connectivity index (χ1) is 13.0. The fourth-order valence-electron chi connectivity index (χ4n) is 3.84. The number of hydrogen-bond donors (Lipinski definition) is 0. The van der Waals surface area contributed by atoms with Crippen molar-refractivity contribution in [3.63, 3.8) is 0 Å². The molecule has 0 N–H and O–H groups in total. The van der Waals surface area contributed by atoms with Gasteiger partial charge in [-0.3, -0.25) is 0 Å². The van der Waals surface area contributed by atoms with Crippen LogP contribution < -0.4 is 18.9 Å². The van der Waals surface area contributed by atoms with E-state index in [0.717, 1.165) is 42.3 Å². The lowest BCUT2D eigenvalue weighted by Gasteiger charge is -2.29. The van der Waals surface area contributed by atoms with Crippen LogP contribution in [0.2, 0.25) is 0 Å². The summed E-state index contributed by atoms with van der Waals surface area (Å²) >= 11 is 0. The quantitative estimate of drug-likeness (QED) is 0.763. The molecule has 2 aliphatic heterocycles. The van der Waals surface area contributed by atoms with Crippen molar-refractivity contribution >= 4 is 6.08 Å². The number of benzene rings is 2. The Bertz CT molecular complexity index is 882. The molecule has 0 saturated heterocycles. The molecule has 27 heavy (non-hydrogen) atoms. The van der Waals surface area contributed by atoms with E-state index in [9.17, 15) is 0 Å². The molecule has 2 aliphatic rings. The molecule has 0 bridgehead atoms. The Kier molecular flexibility index (Phi) is 4.50. The lowest BCUT2D eigenvalue weighted by Crippen LogP contribution is -2.27. The van der Waals surface area contributed by atoms with E-state index in [1.807, 2.05) is 6.07 Å². The van der Waals surface area contributed by atoms with Crippen LogP contribution in [0.25, 0.3) is 6.08 Å². The van der Waals surface area contributed by atoms with Crippen molar-refractivity contribution in [2.45, 2.75) is 38.2 Å². The van der Waals surface area contributed by atoms with E-state index < -0.39 is 0 Å². The van der Waals surface area contributed by atoms with Gasteiger partial charge in [-0.2, -0.15) is 0 Å². The fraction of sp³-hybridized carbons (Fsp3) is 0.391. The summed E-state index contributed by atoms with van der Waals surface area (Å²) in [5.74, 6) is 3.68. The molecule has 0 amide bonds. The summed E-state index contributed by atoms with van der Waals surface area (Å²) in [6.07, 6.45) is 6.21. The van der Waals surface area contributed by atoms with Gasteiger partial charge < -0.3 is 18.9 Å². The van der Waals surface area contributed by atoms with Gasteiger partial charge in [-0.05, 0) is 62.4 Å². The molecular formula is C23H26O4. The lowest BCUT2D eigenvalue weighted by atomic mass is 9.86. The first-order valence-electron chi connectivity index (χ1n) is 9.39. The number of rotatable bonds is 4. The number of fused-ring (bicyclic) bond motifs is 2. The maximum absolute atomic E-state index is 6.04. The standard InChI is InChI=1S/C23H26O4/c1-23(2)9-7-17-12-15(5-6-19(17)27-23)11-16-8-10-26-20-14-22(25-4)21(24-3)13-18(16)20/h5-7,9,12-14,16H,8,10-11H2,1-4H3. The Labute approximate surface area is 160 Å². The molecule has 0 spiro atoms. The largest absolute Gasteiger partial charge is 0.493 e. The van der Waals surface area contributed by atoms with Crippen LogP contribution in [0.15, 0.2) is 36.4 Å². The van der Waals surface area contributed by atoms with Gasteiger partial charge in [0.05, 0.1) is 20.8 Å². The number of hydrogen-bond acceptors (Lipinski definition) is 4. The average molecular weight is 366 g/mol. The number of ether oxygens (including phenoxy) is 4. The summed E-state index contributed by atoms with van der Waals surface area (Å²) in [6.45, 7) is 4.86. The van der Waals surface area contributed by atoms with E-state index in [2.05, 4.69) is 50.3 Å². The fourth-order valence-corrected chi connectivity index (χ4v) is 3.84. The van der Waals surface area contributed by atoms with Gasteiger partial charge in [0.25, 0.3) is 0 Å². The molecule has 2 aromatic rings. The minimum Gasteiger partial charge on any atom is -0.493 e. The van der Waals surface area contributed by atoms with Gasteiger partial charge in [0.1, 0.15) is 17.1 Å². The molecule has 1 unspecified atom stereocenters. The summed E-state index contributed by atoms with van der Waals surface area (Å²) in [4.78, 5) is 0. The molecule has 4 heteroatoms. The Morgan fingerprint density at radius 1 is 1.04 bits per heavy atom. The second kappa shape index (κ2) is 6.84. The van der Waals surface area contributed by atoms with E-state index in [1.165, 1.54) is 11.1 Å². The summed E-state index contributed by atoms with van der Waals surface area (Å²) in [5.41, 5.74) is 3.38. The average Bonchev–Trinajstić information content (AvgIpc) is 2.66. The first kappa shape index (κ1) is 17.8. The van der Waals surface area contributed by atoms with Crippen molar-refractivity contribution in [3.8, 4) is 23.0 Å². The monoisotopic (exact) mass is 366 g/mol. The maximum atomic E-state index is 6.04. The van der Waals surface area contributed by atoms with E-state index in [4.69, 9.17) is 18.9 Å². The third-order valence-electron chi connectivity index (χ3n) is 5.27. The normalized spacial score (nSPS) is 19.3. The van der Waals surface area contributed by atoms with Crippen LogP contribution in [0.1, 0.15) is 42.9 Å². The molecule has 0 radical (unpaired) electrons. The molecule has 4 nitrogen and oxygen atoms in total. The highest BCUT2D eigenvalue weighted by Crippen LogP contribution is 2.43. The zero-order valence-electron chi connectivity index (χ0n) is 16.4. The Balaban J connectivity index is 1.62. The van der Waals surface area contributed by atoms with Gasteiger partial charge in [-0.15, -0.1) is 0 Å². The first-order valence-corrected chi connectivity index (χ1v) is 9.39. The molecule has 0 saturated carbocycles. The Morgan fingerprint density at radius 2 is 1.81 bits per heavy atom. The Morgan fingerprint density at radius 3 is 2.59 bits per heavy atom. The van der Waals surface area contributed by atoms with E-state index in [-0.39, 0.29) is 5.60 Å². The molecule has 0 aliphatic carbocycles. The molecule has 4 rings (SSSR count). The maximum Gasteiger partial charge on any atom is 0.164 e. The minimum absolute atomic E-state index is 0.246. The third kappa shape index (κ3) is 3.48. The van der Waals surface area contributed by atoms with Crippen LogP contribution in [0, 0.1) is 0 Å². The molecule has 0 fully saturated rings. The van der Waals surface area contributed by atoms with Gasteiger partial charge in [0.2, 0.25) is 0 Å². The van der Waals surface area contributed by atoms with Crippen molar-refractivity contribution in [3.05, 3.63) is 53.1 Å². The molecule has 142 valence electrons. The van der Waals surface area contributed by atoms with Crippen molar-refractivity contribution in [1.29, 1.82) is 0 Å². The number of methoxy groups -OCH3 is 2. The van der Waals surface area contributed by atoms with E-state index >= 15 is 0 Å². The predicted molar refractivity (Wildman–Crippen MR) is 106 cm³/mol. The van der Waals surface area contributed by atoms with Crippen LogP contribution in [-0.2, 0) is 6.42 Å². The second-order valence-electron chi connectivity index (χ2n) is 7.69. The van der Waals surface area contributed by atoms with Crippen LogP contribution in [0.4, 0.5) is 0 Å².